The third-order valence-electron chi connectivity index (χ3n) is 5.31. The molecule has 0 saturated heterocycles. The summed E-state index contributed by atoms with van der Waals surface area (Å²) in [4.78, 5) is 50.1. The molecule has 0 saturated carbocycles. The van der Waals surface area contributed by atoms with Crippen molar-refractivity contribution < 1.29 is 14.7 Å². The number of nitrogens with zero attached hydrogens (tertiary/aromatic N) is 2. The first-order valence-electron chi connectivity index (χ1n) is 10.2. The SMILES string of the molecule is Cn1c(=O)n(-c2ccc(C=C(NC(=O)c3c(Cl)cccc3Cl)C(=O)O)cc2)c(=O)c2ccccc21. The van der Waals surface area contributed by atoms with Gasteiger partial charge in [0, 0.05) is 7.05 Å². The molecule has 0 bridgehead atoms. The summed E-state index contributed by atoms with van der Waals surface area (Å²) < 4.78 is 2.41. The molecule has 0 atom stereocenters. The maximum Gasteiger partial charge on any atom is 0.352 e. The Morgan fingerprint density at radius 3 is 2.17 bits per heavy atom. The predicted octanol–water partition coefficient (Wildman–Crippen LogP) is 3.85. The highest BCUT2D eigenvalue weighted by molar-refractivity contribution is 6.39. The lowest BCUT2D eigenvalue weighted by Gasteiger charge is -2.11. The Morgan fingerprint density at radius 2 is 1.54 bits per heavy atom. The van der Waals surface area contributed by atoms with Gasteiger partial charge in [-0.05, 0) is 48.0 Å². The predicted molar refractivity (Wildman–Crippen MR) is 134 cm³/mol. The van der Waals surface area contributed by atoms with Crippen LogP contribution >= 0.6 is 23.2 Å². The van der Waals surface area contributed by atoms with Crippen LogP contribution in [0.4, 0.5) is 0 Å². The third-order valence-corrected chi connectivity index (χ3v) is 5.94. The van der Waals surface area contributed by atoms with Crippen molar-refractivity contribution in [3.63, 3.8) is 0 Å². The van der Waals surface area contributed by atoms with Crippen molar-refractivity contribution in [2.24, 2.45) is 7.05 Å². The molecule has 0 aliphatic heterocycles. The van der Waals surface area contributed by atoms with Crippen LogP contribution in [0.1, 0.15) is 15.9 Å². The number of para-hydroxylation sites is 1. The maximum atomic E-state index is 13.0. The molecule has 0 unspecified atom stereocenters. The second-order valence-electron chi connectivity index (χ2n) is 7.50. The summed E-state index contributed by atoms with van der Waals surface area (Å²) >= 11 is 12.1. The lowest BCUT2D eigenvalue weighted by Crippen LogP contribution is -2.37. The average molecular weight is 510 g/mol. The van der Waals surface area contributed by atoms with E-state index in [2.05, 4.69) is 5.32 Å². The second-order valence-corrected chi connectivity index (χ2v) is 8.32. The molecule has 10 heteroatoms. The zero-order valence-electron chi connectivity index (χ0n) is 18.2. The molecule has 1 aromatic heterocycles. The molecule has 1 amide bonds. The number of amides is 1. The van der Waals surface area contributed by atoms with E-state index >= 15 is 0 Å². The maximum absolute atomic E-state index is 13.0. The highest BCUT2D eigenvalue weighted by atomic mass is 35.5. The number of hydrogen-bond donors (Lipinski definition) is 2. The van der Waals surface area contributed by atoms with Crippen molar-refractivity contribution >= 4 is 52.1 Å². The smallest absolute Gasteiger partial charge is 0.352 e. The molecule has 2 N–H and O–H groups in total. The fourth-order valence-electron chi connectivity index (χ4n) is 3.57. The van der Waals surface area contributed by atoms with E-state index in [1.165, 1.54) is 47.0 Å². The van der Waals surface area contributed by atoms with Gasteiger partial charge >= 0.3 is 11.7 Å². The molecular formula is C25H17Cl2N3O5. The molecule has 4 aromatic rings. The highest BCUT2D eigenvalue weighted by Gasteiger charge is 2.19. The number of hydrogen-bond acceptors (Lipinski definition) is 4. The average Bonchev–Trinajstić information content (AvgIpc) is 2.83. The van der Waals surface area contributed by atoms with Crippen molar-refractivity contribution in [3.8, 4) is 5.69 Å². The summed E-state index contributed by atoms with van der Waals surface area (Å²) in [5, 5.41) is 12.4. The molecule has 0 spiro atoms. The Bertz CT molecular complexity index is 1620. The minimum absolute atomic E-state index is 0.0511. The van der Waals surface area contributed by atoms with Gasteiger partial charge in [-0.15, -0.1) is 0 Å². The topological polar surface area (TPSA) is 110 Å². The number of rotatable bonds is 5. The lowest BCUT2D eigenvalue weighted by atomic mass is 10.1. The van der Waals surface area contributed by atoms with Crippen LogP contribution in [-0.2, 0) is 11.8 Å². The van der Waals surface area contributed by atoms with E-state index in [1.54, 1.807) is 37.4 Å². The van der Waals surface area contributed by atoms with Gasteiger partial charge in [-0.1, -0.05) is 53.5 Å². The van der Waals surface area contributed by atoms with Gasteiger partial charge in [0.2, 0.25) is 0 Å². The molecule has 35 heavy (non-hydrogen) atoms. The Kier molecular flexibility index (Phi) is 6.59. The molecule has 0 aliphatic rings. The van der Waals surface area contributed by atoms with Crippen molar-refractivity contribution in [1.82, 2.24) is 14.5 Å². The number of aryl methyl sites for hydroxylation is 1. The van der Waals surface area contributed by atoms with Gasteiger partial charge in [0.25, 0.3) is 11.5 Å². The number of aliphatic carboxylic acids is 1. The van der Waals surface area contributed by atoms with Crippen molar-refractivity contribution in [3.05, 3.63) is 114 Å². The summed E-state index contributed by atoms with van der Waals surface area (Å²) in [7, 11) is 1.57. The van der Waals surface area contributed by atoms with Gasteiger partial charge in [0.1, 0.15) is 5.70 Å². The first-order chi connectivity index (χ1) is 16.7. The van der Waals surface area contributed by atoms with E-state index in [9.17, 15) is 24.3 Å². The van der Waals surface area contributed by atoms with Gasteiger partial charge < -0.3 is 10.4 Å². The number of carboxylic acids is 1. The highest BCUT2D eigenvalue weighted by Crippen LogP contribution is 2.24. The van der Waals surface area contributed by atoms with Gasteiger partial charge in [0.15, 0.2) is 0 Å². The van der Waals surface area contributed by atoms with Gasteiger partial charge in [-0.25, -0.2) is 14.2 Å². The Hall–Kier alpha value is -4.14. The summed E-state index contributed by atoms with van der Waals surface area (Å²) in [5.74, 6) is -2.16. The van der Waals surface area contributed by atoms with Crippen LogP contribution in [-0.4, -0.2) is 26.1 Å². The minimum Gasteiger partial charge on any atom is -0.477 e. The molecular weight excluding hydrogens is 493 g/mol. The van der Waals surface area contributed by atoms with Crippen LogP contribution in [0, 0.1) is 0 Å². The van der Waals surface area contributed by atoms with Crippen LogP contribution in [0.15, 0.2) is 82.0 Å². The fraction of sp³-hybridized carbons (Fsp3) is 0.0400. The Morgan fingerprint density at radius 1 is 0.914 bits per heavy atom. The zero-order chi connectivity index (χ0) is 25.3. The molecule has 8 nitrogen and oxygen atoms in total. The van der Waals surface area contributed by atoms with E-state index in [-0.39, 0.29) is 15.6 Å². The van der Waals surface area contributed by atoms with Crippen LogP contribution in [0.2, 0.25) is 10.0 Å². The Labute approximate surface area is 208 Å². The quantitative estimate of drug-likeness (QED) is 0.397. The Balaban J connectivity index is 1.70. The van der Waals surface area contributed by atoms with Crippen LogP contribution in [0.3, 0.4) is 0 Å². The van der Waals surface area contributed by atoms with Gasteiger partial charge in [-0.3, -0.25) is 14.2 Å². The van der Waals surface area contributed by atoms with E-state index in [1.807, 2.05) is 0 Å². The van der Waals surface area contributed by atoms with Gasteiger partial charge in [0.05, 0.1) is 32.2 Å². The van der Waals surface area contributed by atoms with Crippen LogP contribution in [0.25, 0.3) is 22.7 Å². The molecule has 1 heterocycles. The first kappa shape index (κ1) is 24.0. The normalized spacial score (nSPS) is 11.5. The molecule has 0 aliphatic carbocycles. The number of carbonyl (C=O) groups is 2. The molecule has 0 fully saturated rings. The number of aromatic nitrogens is 2. The lowest BCUT2D eigenvalue weighted by molar-refractivity contribution is -0.132. The number of carboxylic acid groups (broad SMARTS) is 1. The summed E-state index contributed by atoms with van der Waals surface area (Å²) in [6, 6.07) is 17.3. The molecule has 176 valence electrons. The van der Waals surface area contributed by atoms with E-state index in [0.29, 0.717) is 22.2 Å². The zero-order valence-corrected chi connectivity index (χ0v) is 19.7. The summed E-state index contributed by atoms with van der Waals surface area (Å²) in [5.41, 5.74) is -0.236. The number of benzene rings is 3. The number of carbonyl (C=O) groups excluding carboxylic acids is 1. The monoisotopic (exact) mass is 509 g/mol. The first-order valence-corrected chi connectivity index (χ1v) is 11.0. The third kappa shape index (κ3) is 4.62. The van der Waals surface area contributed by atoms with Crippen molar-refractivity contribution in [2.45, 2.75) is 0 Å². The fourth-order valence-corrected chi connectivity index (χ4v) is 4.14. The van der Waals surface area contributed by atoms with Crippen molar-refractivity contribution in [1.29, 1.82) is 0 Å². The molecule has 3 aromatic carbocycles. The van der Waals surface area contributed by atoms with E-state index < -0.39 is 28.8 Å². The van der Waals surface area contributed by atoms with Crippen LogP contribution in [0.5, 0.6) is 0 Å². The van der Waals surface area contributed by atoms with Crippen LogP contribution < -0.4 is 16.6 Å². The largest absolute Gasteiger partial charge is 0.477 e. The number of fused-ring (bicyclic) bond motifs is 1. The molecule has 0 radical (unpaired) electrons. The number of nitrogens with one attached hydrogen (secondary N) is 1. The second kappa shape index (κ2) is 9.61. The summed E-state index contributed by atoms with van der Waals surface area (Å²) in [6.45, 7) is 0. The number of halogens is 2. The standard InChI is InChI=1S/C25H17Cl2N3O5/c1-29-20-8-3-2-5-16(20)23(32)30(25(29)35)15-11-9-14(10-12-15)13-19(24(33)34)28-22(31)21-17(26)6-4-7-18(21)27/h2-13H,1H3,(H,28,31)(H,33,34). The molecule has 4 rings (SSSR count). The van der Waals surface area contributed by atoms with Crippen molar-refractivity contribution in [2.75, 3.05) is 0 Å². The summed E-state index contributed by atoms with van der Waals surface area (Å²) in [6.07, 6.45) is 1.23. The van der Waals surface area contributed by atoms with E-state index in [4.69, 9.17) is 23.2 Å². The van der Waals surface area contributed by atoms with E-state index in [0.717, 1.165) is 4.57 Å². The minimum atomic E-state index is -1.38. The van der Waals surface area contributed by atoms with Gasteiger partial charge in [-0.2, -0.15) is 0 Å².